The van der Waals surface area contributed by atoms with E-state index < -0.39 is 0 Å². The zero-order valence-electron chi connectivity index (χ0n) is 18.3. The predicted octanol–water partition coefficient (Wildman–Crippen LogP) is 3.98. The molecule has 31 heavy (non-hydrogen) atoms. The van der Waals surface area contributed by atoms with Gasteiger partial charge in [0.15, 0.2) is 5.69 Å². The molecule has 0 spiro atoms. The van der Waals surface area contributed by atoms with Gasteiger partial charge in [-0.25, -0.2) is 4.68 Å². The predicted molar refractivity (Wildman–Crippen MR) is 129 cm³/mol. The molecule has 0 radical (unpaired) electrons. The second kappa shape index (κ2) is 11.8. The lowest BCUT2D eigenvalue weighted by Gasteiger charge is -2.33. The molecular formula is C22H34Cl2N6O. The van der Waals surface area contributed by atoms with E-state index in [1.165, 1.54) is 31.4 Å². The van der Waals surface area contributed by atoms with Gasteiger partial charge < -0.3 is 10.6 Å². The number of benzene rings is 1. The monoisotopic (exact) mass is 468 g/mol. The minimum Gasteiger partial charge on any atom is -0.321 e. The van der Waals surface area contributed by atoms with Crippen LogP contribution in [0.5, 0.6) is 0 Å². The standard InChI is InChI=1S/C22H32N6O.2ClH/c1-16-5-3-4-14-27(16)15-18-6-8-19(9-7-18)24-22(29)21-17(2)28(26-25-21)20-10-12-23-13-11-20;;/h6-9,16,20,23H,3-5,10-15H2,1-2H3,(H,24,29);2*1H. The molecule has 172 valence electrons. The van der Waals surface area contributed by atoms with Gasteiger partial charge in [-0.3, -0.25) is 9.69 Å². The number of anilines is 1. The summed E-state index contributed by atoms with van der Waals surface area (Å²) in [5, 5.41) is 14.8. The van der Waals surface area contributed by atoms with Gasteiger partial charge in [-0.15, -0.1) is 29.9 Å². The lowest BCUT2D eigenvalue weighted by molar-refractivity contribution is 0.102. The number of nitrogens with one attached hydrogen (secondary N) is 2. The number of hydrogen-bond donors (Lipinski definition) is 2. The van der Waals surface area contributed by atoms with Gasteiger partial charge in [-0.2, -0.15) is 0 Å². The first-order chi connectivity index (χ1) is 14.1. The summed E-state index contributed by atoms with van der Waals surface area (Å²) in [7, 11) is 0. The molecule has 1 amide bonds. The van der Waals surface area contributed by atoms with E-state index in [2.05, 4.69) is 44.9 Å². The smallest absolute Gasteiger partial charge is 0.278 e. The molecule has 1 atom stereocenters. The fourth-order valence-electron chi connectivity index (χ4n) is 4.46. The summed E-state index contributed by atoms with van der Waals surface area (Å²) in [4.78, 5) is 15.3. The van der Waals surface area contributed by atoms with Crippen LogP contribution in [0.4, 0.5) is 5.69 Å². The molecular weight excluding hydrogens is 435 g/mol. The average Bonchev–Trinajstić information content (AvgIpc) is 3.13. The van der Waals surface area contributed by atoms with Crippen LogP contribution >= 0.6 is 24.8 Å². The molecule has 3 heterocycles. The number of piperidine rings is 2. The summed E-state index contributed by atoms with van der Waals surface area (Å²) in [5.41, 5.74) is 3.32. The number of hydrogen-bond acceptors (Lipinski definition) is 5. The van der Waals surface area contributed by atoms with Crippen molar-refractivity contribution in [1.29, 1.82) is 0 Å². The number of aromatic nitrogens is 3. The molecule has 2 aliphatic rings. The van der Waals surface area contributed by atoms with Crippen LogP contribution in [-0.4, -0.2) is 51.5 Å². The van der Waals surface area contributed by atoms with Crippen molar-refractivity contribution in [1.82, 2.24) is 25.2 Å². The highest BCUT2D eigenvalue weighted by atomic mass is 35.5. The summed E-state index contributed by atoms with van der Waals surface area (Å²) in [6.45, 7) is 8.35. The molecule has 4 rings (SSSR count). The quantitative estimate of drug-likeness (QED) is 0.693. The number of carbonyl (C=O) groups is 1. The highest BCUT2D eigenvalue weighted by Crippen LogP contribution is 2.22. The summed E-state index contributed by atoms with van der Waals surface area (Å²) in [5.74, 6) is -0.194. The van der Waals surface area contributed by atoms with Crippen LogP contribution in [0.1, 0.15) is 66.8 Å². The van der Waals surface area contributed by atoms with Gasteiger partial charge >= 0.3 is 0 Å². The molecule has 0 aliphatic carbocycles. The Labute approximate surface area is 197 Å². The van der Waals surface area contributed by atoms with E-state index in [4.69, 9.17) is 0 Å². The number of carbonyl (C=O) groups excluding carboxylic acids is 1. The van der Waals surface area contributed by atoms with Crippen molar-refractivity contribution in [3.63, 3.8) is 0 Å². The Kier molecular flexibility index (Phi) is 9.75. The molecule has 9 heteroatoms. The largest absolute Gasteiger partial charge is 0.321 e. The zero-order valence-corrected chi connectivity index (χ0v) is 20.0. The molecule has 1 aromatic carbocycles. The number of amides is 1. The van der Waals surface area contributed by atoms with Crippen molar-refractivity contribution in [3.05, 3.63) is 41.2 Å². The topological polar surface area (TPSA) is 75.1 Å². The van der Waals surface area contributed by atoms with Crippen LogP contribution in [0.2, 0.25) is 0 Å². The first-order valence-corrected chi connectivity index (χ1v) is 10.9. The Morgan fingerprint density at radius 3 is 2.52 bits per heavy atom. The van der Waals surface area contributed by atoms with Gasteiger partial charge in [0.05, 0.1) is 11.7 Å². The van der Waals surface area contributed by atoms with E-state index >= 15 is 0 Å². The molecule has 0 bridgehead atoms. The third-order valence-electron chi connectivity index (χ3n) is 6.34. The minimum absolute atomic E-state index is 0. The van der Waals surface area contributed by atoms with Gasteiger partial charge in [0.25, 0.3) is 5.91 Å². The maximum Gasteiger partial charge on any atom is 0.278 e. The van der Waals surface area contributed by atoms with Crippen LogP contribution in [-0.2, 0) is 6.54 Å². The van der Waals surface area contributed by atoms with Gasteiger partial charge in [-0.1, -0.05) is 23.8 Å². The van der Waals surface area contributed by atoms with Crippen LogP contribution in [0.3, 0.4) is 0 Å². The first-order valence-electron chi connectivity index (χ1n) is 10.9. The third-order valence-corrected chi connectivity index (χ3v) is 6.34. The first kappa shape index (κ1) is 25.6. The van der Waals surface area contributed by atoms with Crippen molar-refractivity contribution in [3.8, 4) is 0 Å². The lowest BCUT2D eigenvalue weighted by Crippen LogP contribution is -2.36. The summed E-state index contributed by atoms with van der Waals surface area (Å²) in [6.07, 6.45) is 5.94. The molecule has 2 aromatic rings. The molecule has 0 saturated carbocycles. The third kappa shape index (κ3) is 6.19. The SMILES string of the molecule is Cc1c(C(=O)Nc2ccc(CN3CCCCC3C)cc2)nnn1C1CCNCC1.Cl.Cl. The van der Waals surface area contributed by atoms with E-state index in [-0.39, 0.29) is 30.7 Å². The van der Waals surface area contributed by atoms with Crippen molar-refractivity contribution in [2.45, 2.75) is 64.6 Å². The molecule has 2 aliphatic heterocycles. The highest BCUT2D eigenvalue weighted by Gasteiger charge is 2.23. The van der Waals surface area contributed by atoms with Gasteiger partial charge in [-0.05, 0) is 76.9 Å². The van der Waals surface area contributed by atoms with Crippen molar-refractivity contribution in [2.24, 2.45) is 0 Å². The maximum absolute atomic E-state index is 12.7. The zero-order chi connectivity index (χ0) is 20.2. The van der Waals surface area contributed by atoms with Gasteiger partial charge in [0.1, 0.15) is 0 Å². The van der Waals surface area contributed by atoms with Gasteiger partial charge in [0, 0.05) is 18.3 Å². The van der Waals surface area contributed by atoms with Crippen LogP contribution in [0, 0.1) is 6.92 Å². The Hall–Kier alpha value is -1.67. The molecule has 2 fully saturated rings. The highest BCUT2D eigenvalue weighted by molar-refractivity contribution is 6.03. The molecule has 2 N–H and O–H groups in total. The second-order valence-corrected chi connectivity index (χ2v) is 8.42. The number of rotatable bonds is 5. The van der Waals surface area contributed by atoms with Crippen LogP contribution < -0.4 is 10.6 Å². The van der Waals surface area contributed by atoms with Gasteiger partial charge in [0.2, 0.25) is 0 Å². The average molecular weight is 469 g/mol. The van der Waals surface area contributed by atoms with E-state index in [1.54, 1.807) is 0 Å². The van der Waals surface area contributed by atoms with E-state index in [1.807, 2.05) is 23.7 Å². The summed E-state index contributed by atoms with van der Waals surface area (Å²) in [6, 6.07) is 9.14. The molecule has 7 nitrogen and oxygen atoms in total. The molecule has 1 aromatic heterocycles. The van der Waals surface area contributed by atoms with E-state index in [0.717, 1.165) is 43.9 Å². The van der Waals surface area contributed by atoms with Crippen LogP contribution in [0.15, 0.2) is 24.3 Å². The fourth-order valence-corrected chi connectivity index (χ4v) is 4.46. The number of halogens is 2. The van der Waals surface area contributed by atoms with E-state index in [9.17, 15) is 4.79 Å². The van der Waals surface area contributed by atoms with Crippen molar-refractivity contribution < 1.29 is 4.79 Å². The maximum atomic E-state index is 12.7. The van der Waals surface area contributed by atoms with Crippen molar-refractivity contribution >= 4 is 36.4 Å². The Morgan fingerprint density at radius 2 is 1.84 bits per heavy atom. The van der Waals surface area contributed by atoms with Crippen molar-refractivity contribution in [2.75, 3.05) is 25.0 Å². The molecule has 2 saturated heterocycles. The second-order valence-electron chi connectivity index (χ2n) is 8.42. The van der Waals surface area contributed by atoms with E-state index in [0.29, 0.717) is 17.8 Å². The normalized spacial score (nSPS) is 19.9. The fraction of sp³-hybridized carbons (Fsp3) is 0.591. The lowest BCUT2D eigenvalue weighted by atomic mass is 10.0. The minimum atomic E-state index is -0.194. The summed E-state index contributed by atoms with van der Waals surface area (Å²) < 4.78 is 1.92. The summed E-state index contributed by atoms with van der Waals surface area (Å²) >= 11 is 0. The Balaban J connectivity index is 0.00000171. The molecule has 1 unspecified atom stereocenters. The Bertz CT molecular complexity index is 835. The number of likely N-dealkylation sites (tertiary alicyclic amines) is 1. The number of nitrogens with zero attached hydrogens (tertiary/aromatic N) is 4. The Morgan fingerprint density at radius 1 is 1.13 bits per heavy atom. The van der Waals surface area contributed by atoms with Crippen LogP contribution in [0.25, 0.3) is 0 Å².